The Kier molecular flexibility index (Phi) is 9.13. The van der Waals surface area contributed by atoms with Crippen molar-refractivity contribution in [2.75, 3.05) is 28.4 Å². The smallest absolute Gasteiger partial charge is 0.337 e. The van der Waals surface area contributed by atoms with Crippen LogP contribution in [0.5, 0.6) is 23.0 Å². The molecule has 3 atom stereocenters. The van der Waals surface area contributed by atoms with Gasteiger partial charge in [0.1, 0.15) is 0 Å². The quantitative estimate of drug-likeness (QED) is 0.335. The van der Waals surface area contributed by atoms with Gasteiger partial charge in [0.25, 0.3) is 0 Å². The molecule has 0 saturated carbocycles. The van der Waals surface area contributed by atoms with Crippen molar-refractivity contribution in [1.82, 2.24) is 5.32 Å². The van der Waals surface area contributed by atoms with Crippen molar-refractivity contribution >= 4 is 27.7 Å². The number of hydrogen-bond donors (Lipinski definition) is 1. The normalized spacial score (nSPS) is 19.4. The lowest BCUT2D eigenvalue weighted by molar-refractivity contribution is -0.144. The number of dihydropyridines is 1. The second-order valence-electron chi connectivity index (χ2n) is 9.99. The van der Waals surface area contributed by atoms with Crippen molar-refractivity contribution in [1.29, 1.82) is 0 Å². The molecule has 0 aromatic heterocycles. The van der Waals surface area contributed by atoms with Gasteiger partial charge in [-0.15, -0.1) is 0 Å². The summed E-state index contributed by atoms with van der Waals surface area (Å²) in [6.45, 7) is 5.67. The van der Waals surface area contributed by atoms with E-state index in [1.165, 1.54) is 0 Å². The first-order chi connectivity index (χ1) is 19.2. The van der Waals surface area contributed by atoms with Crippen LogP contribution in [0, 0.1) is 0 Å². The first-order valence-corrected chi connectivity index (χ1v) is 14.0. The summed E-state index contributed by atoms with van der Waals surface area (Å²) in [7, 11) is 6.30. The number of rotatable bonds is 9. The number of carbonyl (C=O) groups is 2. The molecule has 1 aliphatic heterocycles. The maximum absolute atomic E-state index is 14.0. The summed E-state index contributed by atoms with van der Waals surface area (Å²) in [4.78, 5) is 27.6. The standard InChI is InChI=1S/C31H36BrNO7/c1-8-16(2)40-31(35)27-17(3)33-22-12-19(18-9-10-24(36-4)25(14-18)37-5)13-23(34)29(22)28(27)20-11-21(32)30(39-7)26(15-20)38-6/h9-11,14-16,19,28,33H,8,12-13H2,1-7H3/t16-,19+,28+/m0/s1. The van der Waals surface area contributed by atoms with Gasteiger partial charge in [-0.05, 0) is 83.9 Å². The molecule has 1 heterocycles. The summed E-state index contributed by atoms with van der Waals surface area (Å²) in [5, 5.41) is 3.40. The number of benzene rings is 2. The van der Waals surface area contributed by atoms with Crippen LogP contribution < -0.4 is 24.3 Å². The van der Waals surface area contributed by atoms with Crippen LogP contribution in [0.25, 0.3) is 0 Å². The number of methoxy groups -OCH3 is 4. The van der Waals surface area contributed by atoms with Gasteiger partial charge in [-0.2, -0.15) is 0 Å². The molecule has 0 radical (unpaired) electrons. The molecule has 9 heteroatoms. The molecule has 214 valence electrons. The van der Waals surface area contributed by atoms with E-state index in [1.54, 1.807) is 28.4 Å². The maximum Gasteiger partial charge on any atom is 0.337 e. The average Bonchev–Trinajstić information content (AvgIpc) is 2.95. The third-order valence-electron chi connectivity index (χ3n) is 7.60. The van der Waals surface area contributed by atoms with Crippen LogP contribution in [-0.4, -0.2) is 46.3 Å². The summed E-state index contributed by atoms with van der Waals surface area (Å²) in [6, 6.07) is 9.44. The Hall–Kier alpha value is -3.46. The van der Waals surface area contributed by atoms with Gasteiger partial charge in [-0.3, -0.25) is 4.79 Å². The highest BCUT2D eigenvalue weighted by molar-refractivity contribution is 9.10. The predicted octanol–water partition coefficient (Wildman–Crippen LogP) is 6.19. The fourth-order valence-corrected chi connectivity index (χ4v) is 6.04. The summed E-state index contributed by atoms with van der Waals surface area (Å²) in [5.74, 6) is 1.08. The van der Waals surface area contributed by atoms with Crippen molar-refractivity contribution < 1.29 is 33.3 Å². The zero-order valence-corrected chi connectivity index (χ0v) is 25.6. The topological polar surface area (TPSA) is 92.3 Å². The lowest BCUT2D eigenvalue weighted by Gasteiger charge is -2.37. The molecule has 40 heavy (non-hydrogen) atoms. The highest BCUT2D eigenvalue weighted by Crippen LogP contribution is 2.49. The van der Waals surface area contributed by atoms with Crippen LogP contribution in [0.1, 0.15) is 63.0 Å². The second kappa shape index (κ2) is 12.4. The number of ether oxygens (including phenoxy) is 5. The van der Waals surface area contributed by atoms with E-state index in [9.17, 15) is 9.59 Å². The SMILES string of the molecule is CC[C@H](C)OC(=O)C1=C(C)NC2=C(C(=O)C[C@H](c3ccc(OC)c(OC)c3)C2)[C@@H]1c1cc(Br)c(OC)c(OC)c1. The Balaban J connectivity index is 1.84. The fourth-order valence-electron chi connectivity index (χ4n) is 5.42. The molecule has 2 aromatic rings. The van der Waals surface area contributed by atoms with Gasteiger partial charge in [0, 0.05) is 29.3 Å². The maximum atomic E-state index is 14.0. The van der Waals surface area contributed by atoms with E-state index >= 15 is 0 Å². The Labute approximate surface area is 243 Å². The Morgan fingerprint density at radius 3 is 2.27 bits per heavy atom. The minimum Gasteiger partial charge on any atom is -0.493 e. The number of allylic oxidation sites excluding steroid dienone is 3. The summed E-state index contributed by atoms with van der Waals surface area (Å²) in [6.07, 6.45) is 1.29. The minimum atomic E-state index is -0.636. The molecule has 0 saturated heterocycles. The molecule has 0 spiro atoms. The Morgan fingerprint density at radius 1 is 0.975 bits per heavy atom. The van der Waals surface area contributed by atoms with Crippen LogP contribution in [0.4, 0.5) is 0 Å². The molecule has 0 fully saturated rings. The summed E-state index contributed by atoms with van der Waals surface area (Å²) in [5.41, 5.74) is 4.14. The zero-order chi connectivity index (χ0) is 29.1. The number of carbonyl (C=O) groups excluding carboxylic acids is 2. The largest absolute Gasteiger partial charge is 0.493 e. The van der Waals surface area contributed by atoms with Crippen LogP contribution >= 0.6 is 15.9 Å². The molecule has 1 N–H and O–H groups in total. The van der Waals surface area contributed by atoms with Gasteiger partial charge in [0.15, 0.2) is 28.8 Å². The van der Waals surface area contributed by atoms with Gasteiger partial charge < -0.3 is 29.0 Å². The van der Waals surface area contributed by atoms with E-state index in [-0.39, 0.29) is 24.2 Å². The number of ketones is 1. The van der Waals surface area contributed by atoms with E-state index < -0.39 is 11.9 Å². The van der Waals surface area contributed by atoms with Crippen LogP contribution in [0.15, 0.2) is 57.3 Å². The monoisotopic (exact) mass is 613 g/mol. The predicted molar refractivity (Wildman–Crippen MR) is 155 cm³/mol. The number of esters is 1. The highest BCUT2D eigenvalue weighted by atomic mass is 79.9. The van der Waals surface area contributed by atoms with E-state index in [1.807, 2.05) is 51.1 Å². The molecule has 0 unspecified atom stereocenters. The number of Topliss-reactive ketones (excluding diaryl/α,β-unsaturated/α-hetero) is 1. The van der Waals surface area contributed by atoms with Gasteiger partial charge in [0.05, 0.1) is 44.6 Å². The van der Waals surface area contributed by atoms with Crippen molar-refractivity contribution in [2.24, 2.45) is 0 Å². The van der Waals surface area contributed by atoms with Crippen molar-refractivity contribution in [3.8, 4) is 23.0 Å². The summed E-state index contributed by atoms with van der Waals surface area (Å²) < 4.78 is 28.4. The second-order valence-corrected chi connectivity index (χ2v) is 10.8. The lowest BCUT2D eigenvalue weighted by Crippen LogP contribution is -2.36. The van der Waals surface area contributed by atoms with Crippen molar-refractivity contribution in [3.05, 3.63) is 68.5 Å². The van der Waals surface area contributed by atoms with Crippen molar-refractivity contribution in [2.45, 2.75) is 58.0 Å². The van der Waals surface area contributed by atoms with E-state index in [4.69, 9.17) is 23.7 Å². The fraction of sp³-hybridized carbons (Fsp3) is 0.419. The van der Waals surface area contributed by atoms with E-state index in [0.717, 1.165) is 16.8 Å². The summed E-state index contributed by atoms with van der Waals surface area (Å²) >= 11 is 3.58. The van der Waals surface area contributed by atoms with E-state index in [2.05, 4.69) is 21.2 Å². The Bertz CT molecular complexity index is 1380. The molecule has 0 bridgehead atoms. The van der Waals surface area contributed by atoms with Crippen LogP contribution in [0.3, 0.4) is 0 Å². The zero-order valence-electron chi connectivity index (χ0n) is 24.0. The number of hydrogen-bond acceptors (Lipinski definition) is 8. The molecule has 2 aromatic carbocycles. The third-order valence-corrected chi connectivity index (χ3v) is 8.19. The molecule has 4 rings (SSSR count). The number of halogens is 1. The van der Waals surface area contributed by atoms with Crippen molar-refractivity contribution in [3.63, 3.8) is 0 Å². The minimum absolute atomic E-state index is 0.0363. The average molecular weight is 615 g/mol. The molecule has 0 amide bonds. The molecule has 1 aliphatic carbocycles. The van der Waals surface area contributed by atoms with E-state index in [0.29, 0.717) is 57.2 Å². The van der Waals surface area contributed by atoms with Crippen LogP contribution in [0.2, 0.25) is 0 Å². The Morgan fingerprint density at radius 2 is 1.65 bits per heavy atom. The molecular formula is C31H36BrNO7. The number of nitrogens with one attached hydrogen (secondary N) is 1. The van der Waals surface area contributed by atoms with Gasteiger partial charge in [-0.1, -0.05) is 13.0 Å². The van der Waals surface area contributed by atoms with Gasteiger partial charge in [-0.25, -0.2) is 4.79 Å². The first-order valence-electron chi connectivity index (χ1n) is 13.3. The third kappa shape index (κ3) is 5.57. The molecule has 2 aliphatic rings. The van der Waals surface area contributed by atoms with Gasteiger partial charge in [0.2, 0.25) is 0 Å². The van der Waals surface area contributed by atoms with Crippen LogP contribution in [-0.2, 0) is 14.3 Å². The highest BCUT2D eigenvalue weighted by Gasteiger charge is 2.42. The first kappa shape index (κ1) is 29.5. The van der Waals surface area contributed by atoms with Gasteiger partial charge >= 0.3 is 5.97 Å². The molecule has 8 nitrogen and oxygen atoms in total. The lowest BCUT2D eigenvalue weighted by atomic mass is 9.71. The molecular weight excluding hydrogens is 578 g/mol.